The maximum absolute atomic E-state index is 13.1. The summed E-state index contributed by atoms with van der Waals surface area (Å²) >= 11 is 12.5. The molecule has 3 aromatic rings. The molecule has 0 saturated carbocycles. The van der Waals surface area contributed by atoms with Crippen molar-refractivity contribution in [1.29, 1.82) is 0 Å². The lowest BCUT2D eigenvalue weighted by molar-refractivity contribution is 0.00682. The second-order valence-corrected chi connectivity index (χ2v) is 8.39. The normalized spacial score (nSPS) is 11.6. The molecule has 0 spiro atoms. The number of hydrogen-bond acceptors (Lipinski definition) is 6. The summed E-state index contributed by atoms with van der Waals surface area (Å²) in [5.74, 6) is -0.972. The van der Waals surface area contributed by atoms with Crippen LogP contribution in [0, 0.1) is 6.92 Å². The van der Waals surface area contributed by atoms with Crippen LogP contribution in [0.1, 0.15) is 54.2 Å². The van der Waals surface area contributed by atoms with Gasteiger partial charge >= 0.3 is 11.9 Å². The first-order valence-electron chi connectivity index (χ1n) is 9.27. The summed E-state index contributed by atoms with van der Waals surface area (Å²) < 4.78 is 12.2. The molecule has 30 heavy (non-hydrogen) atoms. The van der Waals surface area contributed by atoms with Gasteiger partial charge in [-0.1, -0.05) is 23.2 Å². The molecule has 7 nitrogen and oxygen atoms in total. The lowest BCUT2D eigenvalue weighted by atomic mass is 10.0. The maximum Gasteiger partial charge on any atom is 0.357 e. The van der Waals surface area contributed by atoms with Gasteiger partial charge in [-0.2, -0.15) is 0 Å². The Hall–Kier alpha value is -2.64. The molecule has 1 aromatic carbocycles. The highest BCUT2D eigenvalue weighted by Gasteiger charge is 2.29. The van der Waals surface area contributed by atoms with Gasteiger partial charge in [0.15, 0.2) is 5.69 Å². The Morgan fingerprint density at radius 2 is 1.87 bits per heavy atom. The highest BCUT2D eigenvalue weighted by atomic mass is 35.5. The van der Waals surface area contributed by atoms with Crippen molar-refractivity contribution < 1.29 is 19.1 Å². The van der Waals surface area contributed by atoms with Crippen molar-refractivity contribution in [2.24, 2.45) is 0 Å². The quantitative estimate of drug-likeness (QED) is 0.512. The number of esters is 2. The molecule has 0 saturated heterocycles. The topological polar surface area (TPSA) is 82.8 Å². The van der Waals surface area contributed by atoms with Gasteiger partial charge in [0.2, 0.25) is 5.78 Å². The number of hydrogen-bond donors (Lipinski definition) is 0. The minimum atomic E-state index is -0.738. The van der Waals surface area contributed by atoms with E-state index in [0.29, 0.717) is 27.0 Å². The number of carbonyl (C=O) groups is 2. The SMILES string of the molecule is CCOC(=O)c1cnc2nc(C)c(C(=O)OC(C)(C)C)c(-c3ccc(Cl)cc3Cl)n12. The van der Waals surface area contributed by atoms with Gasteiger partial charge in [0, 0.05) is 10.6 Å². The molecule has 0 aliphatic carbocycles. The fraction of sp³-hybridized carbons (Fsp3) is 0.333. The van der Waals surface area contributed by atoms with Crippen molar-refractivity contribution in [3.8, 4) is 11.3 Å². The Kier molecular flexibility index (Phi) is 6.06. The molecular weight excluding hydrogens is 429 g/mol. The fourth-order valence-corrected chi connectivity index (χ4v) is 3.49. The number of carbonyl (C=O) groups excluding carboxylic acids is 2. The molecule has 0 atom stereocenters. The van der Waals surface area contributed by atoms with Crippen LogP contribution < -0.4 is 0 Å². The summed E-state index contributed by atoms with van der Waals surface area (Å²) in [7, 11) is 0. The fourth-order valence-electron chi connectivity index (χ4n) is 2.99. The zero-order valence-corrected chi connectivity index (χ0v) is 18.8. The number of ether oxygens (including phenoxy) is 2. The number of benzene rings is 1. The number of aromatic nitrogens is 3. The zero-order chi connectivity index (χ0) is 22.2. The van der Waals surface area contributed by atoms with Gasteiger partial charge in [-0.15, -0.1) is 0 Å². The van der Waals surface area contributed by atoms with Gasteiger partial charge in [0.1, 0.15) is 11.2 Å². The first-order valence-corrected chi connectivity index (χ1v) is 10.0. The molecule has 0 unspecified atom stereocenters. The van der Waals surface area contributed by atoms with E-state index in [1.807, 2.05) is 0 Å². The van der Waals surface area contributed by atoms with Crippen molar-refractivity contribution in [2.75, 3.05) is 6.61 Å². The first kappa shape index (κ1) is 22.1. The number of fused-ring (bicyclic) bond motifs is 1. The predicted molar refractivity (Wildman–Crippen MR) is 114 cm³/mol. The summed E-state index contributed by atoms with van der Waals surface area (Å²) in [6.07, 6.45) is 1.35. The van der Waals surface area contributed by atoms with Gasteiger partial charge in [-0.05, 0) is 52.8 Å². The summed E-state index contributed by atoms with van der Waals surface area (Å²) in [5.41, 5.74) is 0.738. The summed E-state index contributed by atoms with van der Waals surface area (Å²) in [6, 6.07) is 4.87. The van der Waals surface area contributed by atoms with Crippen LogP contribution in [-0.4, -0.2) is 38.5 Å². The van der Waals surface area contributed by atoms with E-state index in [1.54, 1.807) is 52.8 Å². The zero-order valence-electron chi connectivity index (χ0n) is 17.2. The van der Waals surface area contributed by atoms with Gasteiger partial charge < -0.3 is 9.47 Å². The van der Waals surface area contributed by atoms with Crippen molar-refractivity contribution >= 4 is 40.9 Å². The largest absolute Gasteiger partial charge is 0.461 e. The van der Waals surface area contributed by atoms with Crippen LogP contribution in [0.2, 0.25) is 10.0 Å². The molecule has 0 aliphatic rings. The number of imidazole rings is 1. The van der Waals surface area contributed by atoms with Crippen LogP contribution in [0.3, 0.4) is 0 Å². The molecule has 9 heteroatoms. The Balaban J connectivity index is 2.42. The second-order valence-electron chi connectivity index (χ2n) is 7.55. The van der Waals surface area contributed by atoms with Gasteiger partial charge in [-0.25, -0.2) is 19.6 Å². The van der Waals surface area contributed by atoms with Crippen LogP contribution in [0.5, 0.6) is 0 Å². The summed E-state index contributed by atoms with van der Waals surface area (Å²) in [5, 5.41) is 0.726. The molecule has 0 bridgehead atoms. The second kappa shape index (κ2) is 8.24. The minimum absolute atomic E-state index is 0.116. The van der Waals surface area contributed by atoms with Crippen molar-refractivity contribution in [2.45, 2.75) is 40.2 Å². The lowest BCUT2D eigenvalue weighted by Gasteiger charge is -2.22. The third-order valence-electron chi connectivity index (χ3n) is 4.11. The summed E-state index contributed by atoms with van der Waals surface area (Å²) in [4.78, 5) is 34.3. The van der Waals surface area contributed by atoms with E-state index in [9.17, 15) is 9.59 Å². The van der Waals surface area contributed by atoms with Crippen LogP contribution in [0.25, 0.3) is 17.0 Å². The lowest BCUT2D eigenvalue weighted by Crippen LogP contribution is -2.26. The van der Waals surface area contributed by atoms with Crippen LogP contribution in [0.15, 0.2) is 24.4 Å². The molecule has 2 aromatic heterocycles. The highest BCUT2D eigenvalue weighted by molar-refractivity contribution is 6.36. The Morgan fingerprint density at radius 3 is 2.47 bits per heavy atom. The third-order valence-corrected chi connectivity index (χ3v) is 4.65. The van der Waals surface area contributed by atoms with E-state index < -0.39 is 17.5 Å². The predicted octanol–water partition coefficient (Wildman–Crippen LogP) is 5.14. The maximum atomic E-state index is 13.1. The highest BCUT2D eigenvalue weighted by Crippen LogP contribution is 2.35. The number of halogens is 2. The first-order chi connectivity index (χ1) is 14.0. The average molecular weight is 450 g/mol. The Morgan fingerprint density at radius 1 is 1.17 bits per heavy atom. The van der Waals surface area contributed by atoms with Gasteiger partial charge in [0.25, 0.3) is 0 Å². The Bertz CT molecular complexity index is 1150. The van der Waals surface area contributed by atoms with Crippen molar-refractivity contribution in [1.82, 2.24) is 14.4 Å². The number of rotatable bonds is 4. The van der Waals surface area contributed by atoms with Gasteiger partial charge in [-0.3, -0.25) is 4.40 Å². The third kappa shape index (κ3) is 4.27. The van der Waals surface area contributed by atoms with E-state index in [-0.39, 0.29) is 23.6 Å². The molecule has 0 N–H and O–H groups in total. The van der Waals surface area contributed by atoms with Crippen LogP contribution >= 0.6 is 23.2 Å². The molecule has 0 amide bonds. The van der Waals surface area contributed by atoms with Crippen LogP contribution in [-0.2, 0) is 9.47 Å². The van der Waals surface area contributed by atoms with E-state index in [2.05, 4.69) is 9.97 Å². The smallest absolute Gasteiger partial charge is 0.357 e. The van der Waals surface area contributed by atoms with E-state index in [1.165, 1.54) is 10.6 Å². The van der Waals surface area contributed by atoms with Gasteiger partial charge in [0.05, 0.1) is 29.2 Å². The van der Waals surface area contributed by atoms with Crippen molar-refractivity contribution in [3.63, 3.8) is 0 Å². The molecule has 0 aliphatic heterocycles. The molecule has 158 valence electrons. The molecular formula is C21H21Cl2N3O4. The minimum Gasteiger partial charge on any atom is -0.461 e. The number of aryl methyl sites for hydroxylation is 1. The summed E-state index contributed by atoms with van der Waals surface area (Å²) in [6.45, 7) is 8.85. The standard InChI is InChI=1S/C21H21Cl2N3O4/c1-6-29-18(27)15-10-24-20-25-11(2)16(19(28)30-21(3,4)5)17(26(15)20)13-8-7-12(22)9-14(13)23/h7-10H,6H2,1-5H3. The monoisotopic (exact) mass is 449 g/mol. The molecule has 0 radical (unpaired) electrons. The van der Waals surface area contributed by atoms with E-state index in [4.69, 9.17) is 32.7 Å². The van der Waals surface area contributed by atoms with Crippen LogP contribution in [0.4, 0.5) is 0 Å². The van der Waals surface area contributed by atoms with E-state index >= 15 is 0 Å². The van der Waals surface area contributed by atoms with Crippen molar-refractivity contribution in [3.05, 3.63) is 51.4 Å². The average Bonchev–Trinajstić information content (AvgIpc) is 3.03. The molecule has 2 heterocycles. The Labute approximate surface area is 183 Å². The number of nitrogens with zero attached hydrogens (tertiary/aromatic N) is 3. The molecule has 0 fully saturated rings. The van der Waals surface area contributed by atoms with E-state index in [0.717, 1.165) is 0 Å². The molecule has 3 rings (SSSR count).